The lowest BCUT2D eigenvalue weighted by atomic mass is 10.1. The first-order valence-electron chi connectivity index (χ1n) is 8.47. The first-order valence-corrected chi connectivity index (χ1v) is 8.47. The second-order valence-corrected chi connectivity index (χ2v) is 6.13. The number of imide groups is 1. The number of hydrogen-bond donors (Lipinski definition) is 1. The Morgan fingerprint density at radius 1 is 1.11 bits per heavy atom. The van der Waals surface area contributed by atoms with Gasteiger partial charge in [0.15, 0.2) is 0 Å². The van der Waals surface area contributed by atoms with Gasteiger partial charge in [-0.2, -0.15) is 0 Å². The minimum Gasteiger partial charge on any atom is -0.385 e. The molecule has 1 N–H and O–H groups in total. The van der Waals surface area contributed by atoms with Crippen LogP contribution in [0, 0.1) is 10.1 Å². The zero-order valence-electron chi connectivity index (χ0n) is 15.0. The van der Waals surface area contributed by atoms with E-state index in [0.29, 0.717) is 18.7 Å². The number of carbonyl (C=O) groups excluding carboxylic acids is 3. The van der Waals surface area contributed by atoms with Gasteiger partial charge in [0.2, 0.25) is 0 Å². The molecule has 0 aliphatic carbocycles. The highest BCUT2D eigenvalue weighted by Gasteiger charge is 2.35. The zero-order chi connectivity index (χ0) is 20.3. The number of non-ortho nitro benzene ring substituents is 1. The fourth-order valence-corrected chi connectivity index (χ4v) is 2.87. The van der Waals surface area contributed by atoms with E-state index in [1.54, 1.807) is 0 Å². The third kappa shape index (κ3) is 3.74. The van der Waals surface area contributed by atoms with Gasteiger partial charge in [0, 0.05) is 43.6 Å². The summed E-state index contributed by atoms with van der Waals surface area (Å²) in [5, 5.41) is 13.3. The molecule has 0 saturated heterocycles. The lowest BCUT2D eigenvalue weighted by molar-refractivity contribution is -0.384. The third-order valence-electron chi connectivity index (χ3n) is 4.30. The van der Waals surface area contributed by atoms with Crippen molar-refractivity contribution in [3.05, 3.63) is 69.3 Å². The smallest absolute Gasteiger partial charge is 0.269 e. The Balaban J connectivity index is 1.75. The molecule has 0 atom stereocenters. The molecule has 28 heavy (non-hydrogen) atoms. The zero-order valence-corrected chi connectivity index (χ0v) is 15.0. The molecular weight excluding hydrogens is 366 g/mol. The number of rotatable bonds is 7. The van der Waals surface area contributed by atoms with E-state index in [1.807, 2.05) is 0 Å². The molecule has 9 heteroatoms. The van der Waals surface area contributed by atoms with E-state index in [-0.39, 0.29) is 28.9 Å². The maximum Gasteiger partial charge on any atom is 0.269 e. The Morgan fingerprint density at radius 3 is 2.43 bits per heavy atom. The average molecular weight is 383 g/mol. The van der Waals surface area contributed by atoms with Gasteiger partial charge in [-0.1, -0.05) is 0 Å². The maximum atomic E-state index is 12.5. The second kappa shape index (κ2) is 7.97. The van der Waals surface area contributed by atoms with Crippen LogP contribution in [0.5, 0.6) is 0 Å². The van der Waals surface area contributed by atoms with Gasteiger partial charge in [-0.3, -0.25) is 29.4 Å². The Morgan fingerprint density at radius 2 is 1.79 bits per heavy atom. The van der Waals surface area contributed by atoms with E-state index in [1.165, 1.54) is 49.6 Å². The number of anilines is 1. The van der Waals surface area contributed by atoms with Gasteiger partial charge in [0.05, 0.1) is 16.1 Å². The second-order valence-electron chi connectivity index (χ2n) is 6.13. The van der Waals surface area contributed by atoms with Gasteiger partial charge in [0.1, 0.15) is 0 Å². The van der Waals surface area contributed by atoms with Crippen molar-refractivity contribution < 1.29 is 24.0 Å². The number of methoxy groups -OCH3 is 1. The number of amides is 3. The minimum atomic E-state index is -0.535. The summed E-state index contributed by atoms with van der Waals surface area (Å²) in [6.07, 6.45) is 0.523. The van der Waals surface area contributed by atoms with Crippen LogP contribution in [0.3, 0.4) is 0 Å². The van der Waals surface area contributed by atoms with Crippen LogP contribution >= 0.6 is 0 Å². The fraction of sp³-hybridized carbons (Fsp3) is 0.211. The van der Waals surface area contributed by atoms with Crippen molar-refractivity contribution in [2.75, 3.05) is 25.6 Å². The largest absolute Gasteiger partial charge is 0.385 e. The van der Waals surface area contributed by atoms with Crippen LogP contribution in [-0.4, -0.2) is 47.8 Å². The molecule has 3 rings (SSSR count). The summed E-state index contributed by atoms with van der Waals surface area (Å²) in [4.78, 5) is 48.6. The lowest BCUT2D eigenvalue weighted by Crippen LogP contribution is -2.31. The summed E-state index contributed by atoms with van der Waals surface area (Å²) in [6.45, 7) is 0.667. The summed E-state index contributed by atoms with van der Waals surface area (Å²) < 4.78 is 4.94. The van der Waals surface area contributed by atoms with Gasteiger partial charge < -0.3 is 10.1 Å². The number of nitrogens with one attached hydrogen (secondary N) is 1. The highest BCUT2D eigenvalue weighted by atomic mass is 16.6. The molecule has 0 aromatic heterocycles. The van der Waals surface area contributed by atoms with E-state index in [4.69, 9.17) is 4.74 Å². The summed E-state index contributed by atoms with van der Waals surface area (Å²) in [5.74, 6) is -1.32. The quantitative estimate of drug-likeness (QED) is 0.340. The van der Waals surface area contributed by atoms with Crippen molar-refractivity contribution in [1.29, 1.82) is 0 Å². The highest BCUT2D eigenvalue weighted by molar-refractivity contribution is 6.22. The standard InChI is InChI=1S/C19H17N3O6/c1-28-10-2-9-21-18(24)15-8-3-12(11-16(15)19(21)25)17(23)20-13-4-6-14(7-5-13)22(26)27/h3-8,11H,2,9-10H2,1H3,(H,20,23). The Hall–Kier alpha value is -3.59. The molecule has 2 aromatic rings. The first kappa shape index (κ1) is 19.2. The Labute approximate surface area is 160 Å². The number of carbonyl (C=O) groups is 3. The maximum absolute atomic E-state index is 12.5. The van der Waals surface area contributed by atoms with Crippen LogP contribution < -0.4 is 5.32 Å². The van der Waals surface area contributed by atoms with Gasteiger partial charge >= 0.3 is 0 Å². The Bertz CT molecular complexity index is 955. The molecule has 2 aromatic carbocycles. The van der Waals surface area contributed by atoms with E-state index >= 15 is 0 Å². The highest BCUT2D eigenvalue weighted by Crippen LogP contribution is 2.25. The molecule has 0 radical (unpaired) electrons. The molecule has 9 nitrogen and oxygen atoms in total. The molecule has 1 heterocycles. The number of hydrogen-bond acceptors (Lipinski definition) is 6. The van der Waals surface area contributed by atoms with Crippen LogP contribution in [0.4, 0.5) is 11.4 Å². The number of nitro benzene ring substituents is 1. The number of fused-ring (bicyclic) bond motifs is 1. The normalized spacial score (nSPS) is 12.8. The third-order valence-corrected chi connectivity index (χ3v) is 4.30. The topological polar surface area (TPSA) is 119 Å². The fourth-order valence-electron chi connectivity index (χ4n) is 2.87. The Kier molecular flexibility index (Phi) is 5.46. The van der Waals surface area contributed by atoms with Crippen molar-refractivity contribution in [2.24, 2.45) is 0 Å². The van der Waals surface area contributed by atoms with Crippen molar-refractivity contribution in [1.82, 2.24) is 4.90 Å². The van der Waals surface area contributed by atoms with Crippen LogP contribution in [-0.2, 0) is 4.74 Å². The van der Waals surface area contributed by atoms with Crippen molar-refractivity contribution in [3.8, 4) is 0 Å². The van der Waals surface area contributed by atoms with Crippen LogP contribution in [0.15, 0.2) is 42.5 Å². The van der Waals surface area contributed by atoms with Crippen LogP contribution in [0.25, 0.3) is 0 Å². The predicted octanol–water partition coefficient (Wildman–Crippen LogP) is 2.48. The van der Waals surface area contributed by atoms with E-state index in [0.717, 1.165) is 4.90 Å². The minimum absolute atomic E-state index is 0.0896. The molecule has 144 valence electrons. The summed E-state index contributed by atoms with van der Waals surface area (Å²) >= 11 is 0. The average Bonchev–Trinajstić information content (AvgIpc) is 2.93. The lowest BCUT2D eigenvalue weighted by Gasteiger charge is -2.12. The first-order chi connectivity index (χ1) is 13.4. The molecule has 0 unspecified atom stereocenters. The van der Waals surface area contributed by atoms with Gasteiger partial charge in [-0.15, -0.1) is 0 Å². The van der Waals surface area contributed by atoms with E-state index in [9.17, 15) is 24.5 Å². The number of benzene rings is 2. The summed E-state index contributed by atoms with van der Waals surface area (Å²) in [6, 6.07) is 9.68. The van der Waals surface area contributed by atoms with Crippen molar-refractivity contribution in [3.63, 3.8) is 0 Å². The number of nitro groups is 1. The van der Waals surface area contributed by atoms with Crippen LogP contribution in [0.2, 0.25) is 0 Å². The molecule has 3 amide bonds. The number of nitrogens with zero attached hydrogens (tertiary/aromatic N) is 2. The molecular formula is C19H17N3O6. The van der Waals surface area contributed by atoms with E-state index in [2.05, 4.69) is 5.32 Å². The molecule has 0 saturated carbocycles. The summed E-state index contributed by atoms with van der Waals surface area (Å²) in [7, 11) is 1.54. The molecule has 0 spiro atoms. The van der Waals surface area contributed by atoms with E-state index < -0.39 is 22.6 Å². The van der Waals surface area contributed by atoms with Gasteiger partial charge in [0.25, 0.3) is 23.4 Å². The summed E-state index contributed by atoms with van der Waals surface area (Å²) in [5.41, 5.74) is 0.929. The SMILES string of the molecule is COCCCN1C(=O)c2ccc(C(=O)Nc3ccc([N+](=O)[O-])cc3)cc2C1=O. The predicted molar refractivity (Wildman–Crippen MR) is 99.4 cm³/mol. The molecule has 1 aliphatic rings. The molecule has 0 bridgehead atoms. The molecule has 1 aliphatic heterocycles. The monoisotopic (exact) mass is 383 g/mol. The van der Waals surface area contributed by atoms with Crippen molar-refractivity contribution >= 4 is 29.1 Å². The van der Waals surface area contributed by atoms with Crippen molar-refractivity contribution in [2.45, 2.75) is 6.42 Å². The van der Waals surface area contributed by atoms with Gasteiger partial charge in [-0.05, 0) is 36.8 Å². The van der Waals surface area contributed by atoms with Gasteiger partial charge in [-0.25, -0.2) is 0 Å². The number of ether oxygens (including phenoxy) is 1. The van der Waals surface area contributed by atoms with Crippen LogP contribution in [0.1, 0.15) is 37.5 Å². The molecule has 0 fully saturated rings.